The van der Waals surface area contributed by atoms with Crippen molar-refractivity contribution in [2.24, 2.45) is 5.10 Å². The van der Waals surface area contributed by atoms with Crippen LogP contribution in [0.4, 0.5) is 28.9 Å². The first kappa shape index (κ1) is 28.5. The van der Waals surface area contributed by atoms with Crippen LogP contribution in [0, 0.1) is 42.6 Å². The van der Waals surface area contributed by atoms with Crippen LogP contribution in [0.1, 0.15) is 5.56 Å². The molecule has 0 fully saturated rings. The van der Waals surface area contributed by atoms with E-state index in [-0.39, 0.29) is 37.2 Å². The summed E-state index contributed by atoms with van der Waals surface area (Å²) >= 11 is 0. The van der Waals surface area contributed by atoms with Crippen molar-refractivity contribution in [3.8, 4) is 11.4 Å². The minimum Gasteiger partial charge on any atom is -0.456 e. The summed E-state index contributed by atoms with van der Waals surface area (Å²) in [4.78, 5) is 15.6. The van der Waals surface area contributed by atoms with Gasteiger partial charge in [-0.05, 0) is 23.9 Å². The summed E-state index contributed by atoms with van der Waals surface area (Å²) in [5, 5.41) is 5.77. The second-order valence-electron chi connectivity index (χ2n) is 7.78. The first-order chi connectivity index (χ1) is 19.0. The number of pyridine rings is 2. The molecule has 0 saturated carbocycles. The Morgan fingerprint density at radius 2 is 1.30 bits per heavy atom. The van der Waals surface area contributed by atoms with Crippen molar-refractivity contribution in [3.05, 3.63) is 139 Å². The van der Waals surface area contributed by atoms with Gasteiger partial charge in [0, 0.05) is 23.6 Å². The molecule has 40 heavy (non-hydrogen) atoms. The van der Waals surface area contributed by atoms with Crippen LogP contribution < -0.4 is 9.91 Å². The number of amidine groups is 1. The normalized spacial score (nSPS) is 12.2. The third kappa shape index (κ3) is 6.53. The standard InChI is InChI=1S/C19H12F2N4.C9H4F2N3.Ir/c20-17-12-11-16(18(21)22-17)25-13-24(15-9-5-2-6-10-15)19(23-25)14-7-3-1-4-8-14;10-7-3-2-6(8(11)14-7)9-12-4-1-5-13-9;/h1-10,12-13H;1,3-5H;/q-2;-1;+3. The zero-order chi connectivity index (χ0) is 27.2. The summed E-state index contributed by atoms with van der Waals surface area (Å²) in [7, 11) is 0. The van der Waals surface area contributed by atoms with Crippen molar-refractivity contribution in [2.45, 2.75) is 0 Å². The van der Waals surface area contributed by atoms with Crippen LogP contribution in [-0.4, -0.2) is 25.8 Å². The van der Waals surface area contributed by atoms with Gasteiger partial charge in [-0.2, -0.15) is 11.2 Å². The second-order valence-corrected chi connectivity index (χ2v) is 7.78. The number of para-hydroxylation sites is 1. The fourth-order valence-corrected chi connectivity index (χ4v) is 3.49. The van der Waals surface area contributed by atoms with Crippen molar-refractivity contribution in [2.75, 3.05) is 9.91 Å². The van der Waals surface area contributed by atoms with Gasteiger partial charge in [0.15, 0.2) is 0 Å². The van der Waals surface area contributed by atoms with Crippen LogP contribution >= 0.6 is 0 Å². The van der Waals surface area contributed by atoms with E-state index >= 15 is 0 Å². The Balaban J connectivity index is 0.000000210. The number of nitrogens with zero attached hydrogens (tertiary/aromatic N) is 7. The molecule has 0 radical (unpaired) electrons. The molecule has 0 N–H and O–H groups in total. The first-order valence-corrected chi connectivity index (χ1v) is 11.4. The topological polar surface area (TPSA) is 70.4 Å². The third-order valence-electron chi connectivity index (χ3n) is 5.22. The predicted molar refractivity (Wildman–Crippen MR) is 136 cm³/mol. The Hall–Kier alpha value is -4.54. The van der Waals surface area contributed by atoms with E-state index in [9.17, 15) is 17.6 Å². The molecule has 3 aromatic heterocycles. The smallest absolute Gasteiger partial charge is 0.456 e. The molecule has 6 rings (SSSR count). The molecule has 0 amide bonds. The van der Waals surface area contributed by atoms with Crippen LogP contribution in [0.5, 0.6) is 0 Å². The molecule has 0 bridgehead atoms. The molecule has 0 atom stereocenters. The van der Waals surface area contributed by atoms with E-state index in [0.29, 0.717) is 5.84 Å². The van der Waals surface area contributed by atoms with Gasteiger partial charge in [-0.25, -0.2) is 8.78 Å². The minimum atomic E-state index is -0.970. The molecule has 0 saturated heterocycles. The number of anilines is 2. The quantitative estimate of drug-likeness (QED) is 0.137. The monoisotopic (exact) mass is 719 g/mol. The van der Waals surface area contributed by atoms with Gasteiger partial charge in [0.05, 0.1) is 11.8 Å². The van der Waals surface area contributed by atoms with Crippen molar-refractivity contribution < 1.29 is 37.7 Å². The Morgan fingerprint density at radius 3 is 1.93 bits per heavy atom. The van der Waals surface area contributed by atoms with Crippen molar-refractivity contribution in [1.29, 1.82) is 0 Å². The Bertz CT molecular complexity index is 1590. The third-order valence-corrected chi connectivity index (χ3v) is 5.22. The summed E-state index contributed by atoms with van der Waals surface area (Å²) in [5.41, 5.74) is 1.64. The Labute approximate surface area is 240 Å². The molecule has 5 aromatic rings. The maximum absolute atomic E-state index is 14.0. The van der Waals surface area contributed by atoms with Crippen LogP contribution in [0.3, 0.4) is 0 Å². The van der Waals surface area contributed by atoms with E-state index in [1.54, 1.807) is 12.7 Å². The SMILES string of the molecule is Fc1c[c-]c(-c2ncccn2)c(F)n1.Fc1c[c-]c(N2[CH-]N(c3ccccc3)C(c3ccccc3)=N2)c(F)n1.[Ir+3]. The van der Waals surface area contributed by atoms with Gasteiger partial charge in [-0.1, -0.05) is 60.2 Å². The average Bonchev–Trinajstić information content (AvgIpc) is 3.40. The Kier molecular flexibility index (Phi) is 9.26. The molecule has 1 aliphatic rings. The van der Waals surface area contributed by atoms with Gasteiger partial charge in [-0.3, -0.25) is 23.7 Å². The van der Waals surface area contributed by atoms with E-state index in [4.69, 9.17) is 0 Å². The van der Waals surface area contributed by atoms with Crippen molar-refractivity contribution in [1.82, 2.24) is 19.9 Å². The zero-order valence-corrected chi connectivity index (χ0v) is 22.6. The number of halogens is 4. The maximum atomic E-state index is 14.0. The van der Waals surface area contributed by atoms with Gasteiger partial charge in [0.1, 0.15) is 23.7 Å². The second kappa shape index (κ2) is 13.0. The molecule has 200 valence electrons. The number of hydrogen-bond acceptors (Lipinski definition) is 7. The van der Waals surface area contributed by atoms with E-state index < -0.39 is 23.8 Å². The molecule has 7 nitrogen and oxygen atoms in total. The number of rotatable bonds is 4. The van der Waals surface area contributed by atoms with E-state index in [1.807, 2.05) is 65.6 Å². The van der Waals surface area contributed by atoms with Gasteiger partial charge in [0.25, 0.3) is 0 Å². The van der Waals surface area contributed by atoms with Gasteiger partial charge < -0.3 is 14.9 Å². The van der Waals surface area contributed by atoms with Gasteiger partial charge in [-0.15, -0.1) is 18.8 Å². The number of aromatic nitrogens is 4. The van der Waals surface area contributed by atoms with Crippen LogP contribution in [0.2, 0.25) is 0 Å². The Morgan fingerprint density at radius 1 is 0.700 bits per heavy atom. The summed E-state index contributed by atoms with van der Waals surface area (Å²) < 4.78 is 52.6. The average molecular weight is 719 g/mol. The summed E-state index contributed by atoms with van der Waals surface area (Å²) in [6.07, 6.45) is 2.91. The van der Waals surface area contributed by atoms with E-state index in [0.717, 1.165) is 23.4 Å². The molecule has 2 aromatic carbocycles. The number of hydrogen-bond donors (Lipinski definition) is 0. The van der Waals surface area contributed by atoms with Crippen molar-refractivity contribution in [3.63, 3.8) is 0 Å². The first-order valence-electron chi connectivity index (χ1n) is 11.4. The summed E-state index contributed by atoms with van der Waals surface area (Å²) in [6, 6.07) is 27.5. The summed E-state index contributed by atoms with van der Waals surface area (Å²) in [6.45, 7) is 1.62. The molecule has 0 unspecified atom stereocenters. The molecule has 0 spiro atoms. The minimum absolute atomic E-state index is 0. The maximum Gasteiger partial charge on any atom is 3.00 e. The predicted octanol–water partition coefficient (Wildman–Crippen LogP) is 5.58. The molecule has 4 heterocycles. The van der Waals surface area contributed by atoms with Gasteiger partial charge in [0.2, 0.25) is 0 Å². The van der Waals surface area contributed by atoms with E-state index in [1.165, 1.54) is 17.4 Å². The number of hydrazone groups is 1. The van der Waals surface area contributed by atoms with Crippen LogP contribution in [-0.2, 0) is 20.1 Å². The fourth-order valence-electron chi connectivity index (χ4n) is 3.49. The summed E-state index contributed by atoms with van der Waals surface area (Å²) in [5.74, 6) is -3.02. The molecule has 0 aliphatic carbocycles. The number of benzene rings is 2. The fraction of sp³-hybridized carbons (Fsp3) is 0. The van der Waals surface area contributed by atoms with E-state index in [2.05, 4.69) is 37.2 Å². The molecular formula is C28H16F4IrN7. The van der Waals surface area contributed by atoms with Crippen LogP contribution in [0.15, 0.2) is 96.4 Å². The van der Waals surface area contributed by atoms with Crippen LogP contribution in [0.25, 0.3) is 11.4 Å². The largest absolute Gasteiger partial charge is 3.00 e. The van der Waals surface area contributed by atoms with Gasteiger partial charge >= 0.3 is 20.1 Å². The molecular weight excluding hydrogens is 703 g/mol. The molecule has 1 aliphatic heterocycles. The zero-order valence-electron chi connectivity index (χ0n) is 20.2. The van der Waals surface area contributed by atoms with Crippen molar-refractivity contribution >= 4 is 17.2 Å². The molecule has 12 heteroatoms.